The Morgan fingerprint density at radius 2 is 0.931 bits per heavy atom. The van der Waals surface area contributed by atoms with E-state index in [2.05, 4.69) is 0 Å². The van der Waals surface area contributed by atoms with E-state index < -0.39 is 80.4 Å². The summed E-state index contributed by atoms with van der Waals surface area (Å²) in [7, 11) is 0.861. The lowest BCUT2D eigenvalue weighted by molar-refractivity contribution is 0.379. The molecule has 0 unspecified atom stereocenters. The number of rotatable bonds is 3. The van der Waals surface area contributed by atoms with Crippen molar-refractivity contribution < 1.29 is 44.3 Å². The van der Waals surface area contributed by atoms with E-state index in [9.17, 15) is 39.5 Å². The van der Waals surface area contributed by atoms with Crippen molar-refractivity contribution in [2.45, 2.75) is 0 Å². The molecule has 10 heteroatoms. The summed E-state index contributed by atoms with van der Waals surface area (Å²) in [6, 6.07) is 2.59. The van der Waals surface area contributed by atoms with Crippen molar-refractivity contribution in [1.82, 2.24) is 0 Å². The first-order chi connectivity index (χ1) is 13.6. The van der Waals surface area contributed by atoms with Crippen molar-refractivity contribution in [2.24, 2.45) is 0 Å². The molecule has 0 atom stereocenters. The van der Waals surface area contributed by atoms with Gasteiger partial charge in [-0.1, -0.05) is 18.2 Å². The Bertz CT molecular complexity index is 1090. The normalized spacial score (nSPS) is 11.1. The van der Waals surface area contributed by atoms with Gasteiger partial charge in [0.15, 0.2) is 46.5 Å². The number of hydrogen-bond donors (Lipinski definition) is 0. The number of hydrogen-bond acceptors (Lipinski definition) is 1. The van der Waals surface area contributed by atoms with Crippen LogP contribution in [0.5, 0.6) is 5.75 Å². The molecule has 1 nitrogen and oxygen atoms in total. The first-order valence-corrected chi connectivity index (χ1v) is 7.63. The van der Waals surface area contributed by atoms with Crippen LogP contribution in [0.25, 0.3) is 22.3 Å². The summed E-state index contributed by atoms with van der Waals surface area (Å²) in [5, 5.41) is 0. The lowest BCUT2D eigenvalue weighted by Crippen LogP contribution is -2.06. The van der Waals surface area contributed by atoms with Crippen molar-refractivity contribution in [1.29, 1.82) is 0 Å². The number of para-hydroxylation sites is 1. The van der Waals surface area contributed by atoms with Gasteiger partial charge in [-0.05, 0) is 0 Å². The van der Waals surface area contributed by atoms with E-state index in [0.29, 0.717) is 0 Å². The molecule has 0 fully saturated rings. The third kappa shape index (κ3) is 3.08. The fourth-order valence-electron chi connectivity index (χ4n) is 2.80. The van der Waals surface area contributed by atoms with Gasteiger partial charge in [-0.15, -0.1) is 0 Å². The van der Waals surface area contributed by atoms with Gasteiger partial charge < -0.3 is 4.74 Å². The van der Waals surface area contributed by atoms with Gasteiger partial charge in [0.05, 0.1) is 18.2 Å². The van der Waals surface area contributed by atoms with E-state index in [4.69, 9.17) is 4.74 Å². The molecular weight excluding hydrogens is 415 g/mol. The van der Waals surface area contributed by atoms with Crippen LogP contribution in [0.3, 0.4) is 0 Å². The molecule has 152 valence electrons. The van der Waals surface area contributed by atoms with E-state index in [1.165, 1.54) is 0 Å². The fourth-order valence-corrected chi connectivity index (χ4v) is 2.80. The third-order valence-corrected chi connectivity index (χ3v) is 4.08. The Labute approximate surface area is 157 Å². The number of benzene rings is 3. The van der Waals surface area contributed by atoms with Gasteiger partial charge in [0.1, 0.15) is 5.75 Å². The fraction of sp³-hybridized carbons (Fsp3) is 0.0526. The molecular formula is C19H7F9O. The smallest absolute Gasteiger partial charge is 0.200 e. The molecule has 3 aromatic rings. The highest BCUT2D eigenvalue weighted by atomic mass is 19.2. The molecule has 3 rings (SSSR count). The summed E-state index contributed by atoms with van der Waals surface area (Å²) in [6.45, 7) is 0. The zero-order chi connectivity index (χ0) is 21.6. The van der Waals surface area contributed by atoms with Crippen LogP contribution in [0.1, 0.15) is 0 Å². The van der Waals surface area contributed by atoms with Gasteiger partial charge in [-0.25, -0.2) is 39.5 Å². The largest absolute Gasteiger partial charge is 0.495 e. The van der Waals surface area contributed by atoms with Crippen molar-refractivity contribution in [3.8, 4) is 28.0 Å². The van der Waals surface area contributed by atoms with Gasteiger partial charge in [-0.3, -0.25) is 0 Å². The Kier molecular flexibility index (Phi) is 5.20. The lowest BCUT2D eigenvalue weighted by Gasteiger charge is -2.17. The third-order valence-electron chi connectivity index (χ3n) is 4.08. The Balaban J connectivity index is 2.43. The summed E-state index contributed by atoms with van der Waals surface area (Å²) in [5.41, 5.74) is -4.24. The molecule has 0 bridgehead atoms. The molecule has 29 heavy (non-hydrogen) atoms. The average molecular weight is 422 g/mol. The zero-order valence-corrected chi connectivity index (χ0v) is 14.1. The molecule has 0 radical (unpaired) electrons. The van der Waals surface area contributed by atoms with E-state index >= 15 is 0 Å². The van der Waals surface area contributed by atoms with E-state index in [-0.39, 0.29) is 6.07 Å². The molecule has 0 aliphatic rings. The summed E-state index contributed by atoms with van der Waals surface area (Å²) in [6.07, 6.45) is 0. The molecule has 0 spiro atoms. The van der Waals surface area contributed by atoms with Crippen LogP contribution >= 0.6 is 0 Å². The van der Waals surface area contributed by atoms with Gasteiger partial charge in [0.25, 0.3) is 0 Å². The summed E-state index contributed by atoms with van der Waals surface area (Å²) in [5.74, 6) is -19.4. The summed E-state index contributed by atoms with van der Waals surface area (Å²) >= 11 is 0. The van der Waals surface area contributed by atoms with Gasteiger partial charge in [0, 0.05) is 17.2 Å². The van der Waals surface area contributed by atoms with Crippen LogP contribution < -0.4 is 4.74 Å². The number of methoxy groups -OCH3 is 1. The van der Waals surface area contributed by atoms with Crippen LogP contribution in [0, 0.1) is 52.4 Å². The van der Waals surface area contributed by atoms with E-state index in [1.807, 2.05) is 0 Å². The predicted molar refractivity (Wildman–Crippen MR) is 83.5 cm³/mol. The molecule has 0 saturated heterocycles. The molecule has 0 aromatic heterocycles. The molecule has 0 saturated carbocycles. The van der Waals surface area contributed by atoms with E-state index in [1.54, 1.807) is 0 Å². The molecule has 0 aliphatic carbocycles. The maximum atomic E-state index is 14.2. The highest BCUT2D eigenvalue weighted by molar-refractivity contribution is 5.83. The second kappa shape index (κ2) is 7.34. The Morgan fingerprint density at radius 3 is 1.34 bits per heavy atom. The molecule has 3 aromatic carbocycles. The lowest BCUT2D eigenvalue weighted by atomic mass is 9.95. The topological polar surface area (TPSA) is 9.23 Å². The van der Waals surface area contributed by atoms with Crippen molar-refractivity contribution >= 4 is 0 Å². The second-order valence-electron chi connectivity index (χ2n) is 5.67. The first-order valence-electron chi connectivity index (χ1n) is 7.63. The highest BCUT2D eigenvalue weighted by Crippen LogP contribution is 2.44. The number of halogens is 9. The average Bonchev–Trinajstić information content (AvgIpc) is 2.70. The quantitative estimate of drug-likeness (QED) is 0.274. The second-order valence-corrected chi connectivity index (χ2v) is 5.67. The van der Waals surface area contributed by atoms with Crippen LogP contribution in [0.2, 0.25) is 0 Å². The minimum atomic E-state index is -2.41. The monoisotopic (exact) mass is 422 g/mol. The van der Waals surface area contributed by atoms with Crippen LogP contribution in [-0.2, 0) is 0 Å². The molecule has 0 amide bonds. The zero-order valence-electron chi connectivity index (χ0n) is 14.1. The standard InChI is InChI=1S/C19H7F9O/c1-29-19-6(10-12(22)8(20)5-9(21)13(10)23)3-2-4-7(19)11-14(24)16(26)18(28)17(27)15(11)25/h2-5H,1H3. The minimum absolute atomic E-state index is 0.0610. The van der Waals surface area contributed by atoms with Gasteiger partial charge in [-0.2, -0.15) is 0 Å². The first kappa shape index (κ1) is 20.6. The van der Waals surface area contributed by atoms with Crippen LogP contribution in [0.4, 0.5) is 39.5 Å². The van der Waals surface area contributed by atoms with Crippen molar-refractivity contribution in [3.63, 3.8) is 0 Å². The molecule has 0 aliphatic heterocycles. The van der Waals surface area contributed by atoms with Gasteiger partial charge in [0.2, 0.25) is 5.82 Å². The maximum Gasteiger partial charge on any atom is 0.200 e. The van der Waals surface area contributed by atoms with Gasteiger partial charge >= 0.3 is 0 Å². The predicted octanol–water partition coefficient (Wildman–Crippen LogP) is 6.28. The summed E-state index contributed by atoms with van der Waals surface area (Å²) < 4.78 is 129. The SMILES string of the molecule is COc1c(-c2c(F)c(F)cc(F)c2F)cccc1-c1c(F)c(F)c(F)c(F)c1F. The van der Waals surface area contributed by atoms with Crippen molar-refractivity contribution in [3.05, 3.63) is 76.6 Å². The van der Waals surface area contributed by atoms with Crippen LogP contribution in [-0.4, -0.2) is 7.11 Å². The maximum absolute atomic E-state index is 14.2. The molecule has 0 heterocycles. The Hall–Kier alpha value is -3.17. The summed E-state index contributed by atoms with van der Waals surface area (Å²) in [4.78, 5) is 0. The van der Waals surface area contributed by atoms with Crippen molar-refractivity contribution in [2.75, 3.05) is 7.11 Å². The Morgan fingerprint density at radius 1 is 0.552 bits per heavy atom. The van der Waals surface area contributed by atoms with Crippen LogP contribution in [0.15, 0.2) is 24.3 Å². The highest BCUT2D eigenvalue weighted by Gasteiger charge is 2.30. The number of ether oxygens (including phenoxy) is 1. The minimum Gasteiger partial charge on any atom is -0.495 e. The van der Waals surface area contributed by atoms with E-state index in [0.717, 1.165) is 25.3 Å². The molecule has 0 N–H and O–H groups in total.